The van der Waals surface area contributed by atoms with Crippen molar-refractivity contribution in [3.63, 3.8) is 0 Å². The molecule has 4 heteroatoms. The highest BCUT2D eigenvalue weighted by atomic mass is 16.3. The van der Waals surface area contributed by atoms with E-state index in [1.54, 1.807) is 0 Å². The Labute approximate surface area is 257 Å². The van der Waals surface area contributed by atoms with Gasteiger partial charge in [-0.25, -0.2) is 0 Å². The second-order valence-corrected chi connectivity index (χ2v) is 12.5. The summed E-state index contributed by atoms with van der Waals surface area (Å²) in [5.41, 5.74) is 4.45. The number of hydrogen-bond donors (Lipinski definition) is 1. The fraction of sp³-hybridized carbons (Fsp3) is 0.605. The van der Waals surface area contributed by atoms with Crippen LogP contribution in [0.3, 0.4) is 0 Å². The number of aliphatic hydroxyl groups excluding tert-OH is 1. The molecule has 0 bridgehead atoms. The van der Waals surface area contributed by atoms with Gasteiger partial charge in [0.15, 0.2) is 5.78 Å². The smallest absolute Gasteiger partial charge is 0.181 e. The maximum absolute atomic E-state index is 13.1. The first-order chi connectivity index (χ1) is 20.5. The number of allylic oxidation sites excluding steroid dienone is 2. The summed E-state index contributed by atoms with van der Waals surface area (Å²) in [5.74, 6) is -0.343. The van der Waals surface area contributed by atoms with Crippen molar-refractivity contribution in [1.29, 1.82) is 0 Å². The summed E-state index contributed by atoms with van der Waals surface area (Å²) in [4.78, 5) is 17.7. The van der Waals surface area contributed by atoms with Crippen LogP contribution in [0.15, 0.2) is 54.3 Å². The normalized spacial score (nSPS) is 14.8. The molecule has 4 nitrogen and oxygen atoms in total. The van der Waals surface area contributed by atoms with Crippen molar-refractivity contribution in [1.82, 2.24) is 0 Å². The average Bonchev–Trinajstić information content (AvgIpc) is 3.00. The zero-order valence-corrected chi connectivity index (χ0v) is 27.2. The third-order valence-corrected chi connectivity index (χ3v) is 9.00. The van der Waals surface area contributed by atoms with Gasteiger partial charge in [-0.3, -0.25) is 4.79 Å². The first-order valence-corrected chi connectivity index (χ1v) is 17.1. The Kier molecular flexibility index (Phi) is 15.0. The van der Waals surface area contributed by atoms with E-state index < -0.39 is 5.92 Å². The molecule has 0 heterocycles. The van der Waals surface area contributed by atoms with Crippen LogP contribution in [0.2, 0.25) is 0 Å². The summed E-state index contributed by atoms with van der Waals surface area (Å²) in [7, 11) is 4.27. The molecule has 0 aliphatic heterocycles. The molecule has 0 aromatic heterocycles. The van der Waals surface area contributed by atoms with Gasteiger partial charge < -0.3 is 14.9 Å². The predicted octanol–water partition coefficient (Wildman–Crippen LogP) is 10.5. The number of anilines is 2. The minimum atomic E-state index is -0.545. The third-order valence-electron chi connectivity index (χ3n) is 9.00. The SMILES string of the molecule is CCCCCCCCCCN(C)c1ccc(C2=C(O)C(c3ccc(N(C)CCCCCCCCCC)cc3)C2=O)cc1. The summed E-state index contributed by atoms with van der Waals surface area (Å²) in [6, 6.07) is 16.2. The van der Waals surface area contributed by atoms with Crippen LogP contribution >= 0.6 is 0 Å². The second-order valence-electron chi connectivity index (χ2n) is 12.5. The van der Waals surface area contributed by atoms with Crippen molar-refractivity contribution in [3.8, 4) is 0 Å². The zero-order valence-electron chi connectivity index (χ0n) is 27.2. The van der Waals surface area contributed by atoms with E-state index in [1.807, 2.05) is 24.3 Å². The van der Waals surface area contributed by atoms with Crippen LogP contribution in [0.1, 0.15) is 134 Å². The summed E-state index contributed by atoms with van der Waals surface area (Å²) in [6.07, 6.45) is 21.2. The van der Waals surface area contributed by atoms with Gasteiger partial charge in [0, 0.05) is 38.6 Å². The van der Waals surface area contributed by atoms with Crippen LogP contribution in [-0.2, 0) is 4.79 Å². The maximum Gasteiger partial charge on any atom is 0.181 e. The molecule has 1 aliphatic rings. The molecule has 42 heavy (non-hydrogen) atoms. The van der Waals surface area contributed by atoms with E-state index in [-0.39, 0.29) is 11.5 Å². The quantitative estimate of drug-likeness (QED) is 0.142. The highest BCUT2D eigenvalue weighted by Crippen LogP contribution is 2.43. The molecule has 1 aliphatic carbocycles. The Morgan fingerprint density at radius 3 is 1.36 bits per heavy atom. The van der Waals surface area contributed by atoms with Gasteiger partial charge in [-0.05, 0) is 48.2 Å². The van der Waals surface area contributed by atoms with Crippen LogP contribution in [0.25, 0.3) is 5.57 Å². The van der Waals surface area contributed by atoms with Gasteiger partial charge in [0.05, 0.1) is 5.57 Å². The Morgan fingerprint density at radius 1 is 0.571 bits per heavy atom. The molecular weight excluding hydrogens is 516 g/mol. The highest BCUT2D eigenvalue weighted by molar-refractivity contribution is 6.31. The molecule has 3 rings (SSSR count). The lowest BCUT2D eigenvalue weighted by Crippen LogP contribution is -2.28. The molecule has 2 aromatic carbocycles. The molecule has 232 valence electrons. The van der Waals surface area contributed by atoms with Crippen molar-refractivity contribution in [2.45, 2.75) is 122 Å². The van der Waals surface area contributed by atoms with Crippen molar-refractivity contribution in [2.24, 2.45) is 0 Å². The first-order valence-electron chi connectivity index (χ1n) is 17.1. The number of unbranched alkanes of at least 4 members (excludes halogenated alkanes) is 14. The van der Waals surface area contributed by atoms with Crippen LogP contribution in [0.5, 0.6) is 0 Å². The maximum atomic E-state index is 13.1. The topological polar surface area (TPSA) is 43.8 Å². The number of carbonyl (C=O) groups excluding carboxylic acids is 1. The minimum Gasteiger partial charge on any atom is -0.510 e. The van der Waals surface area contributed by atoms with Gasteiger partial charge in [-0.2, -0.15) is 0 Å². The molecule has 1 atom stereocenters. The van der Waals surface area contributed by atoms with Crippen molar-refractivity contribution < 1.29 is 9.90 Å². The molecule has 0 fully saturated rings. The Bertz CT molecular complexity index is 1070. The van der Waals surface area contributed by atoms with Crippen molar-refractivity contribution in [2.75, 3.05) is 37.0 Å². The molecule has 1 unspecified atom stereocenters. The van der Waals surface area contributed by atoms with Gasteiger partial charge in [0.25, 0.3) is 0 Å². The number of carbonyl (C=O) groups is 1. The number of aliphatic hydroxyl groups is 1. The first kappa shape index (κ1) is 33.7. The van der Waals surface area contributed by atoms with E-state index in [1.165, 1.54) is 103 Å². The van der Waals surface area contributed by atoms with E-state index in [2.05, 4.69) is 62.0 Å². The standard InChI is InChI=1S/C38H58N2O2/c1-5-7-9-11-13-15-17-19-29-39(3)33-25-21-31(22-26-33)35-37(41)36(38(35)42)32-23-27-34(28-24-32)40(4)30-20-18-16-14-12-10-8-6-2/h21-28,35,41H,5-20,29-30H2,1-4H3. The summed E-state index contributed by atoms with van der Waals surface area (Å²) >= 11 is 0. The molecule has 0 radical (unpaired) electrons. The predicted molar refractivity (Wildman–Crippen MR) is 182 cm³/mol. The van der Waals surface area contributed by atoms with Gasteiger partial charge in [-0.1, -0.05) is 128 Å². The minimum absolute atomic E-state index is 0.00702. The van der Waals surface area contributed by atoms with Crippen molar-refractivity contribution in [3.05, 3.63) is 65.4 Å². The number of Topliss-reactive ketones (excluding diaryl/α,β-unsaturated/α-hetero) is 1. The molecule has 1 N–H and O–H groups in total. The lowest BCUT2D eigenvalue weighted by atomic mass is 9.75. The Morgan fingerprint density at radius 2 is 0.952 bits per heavy atom. The van der Waals surface area contributed by atoms with E-state index in [0.29, 0.717) is 5.57 Å². The third kappa shape index (κ3) is 10.2. The highest BCUT2D eigenvalue weighted by Gasteiger charge is 2.41. The fourth-order valence-corrected chi connectivity index (χ4v) is 6.09. The second kappa shape index (κ2) is 18.7. The zero-order chi connectivity index (χ0) is 30.2. The van der Waals surface area contributed by atoms with Gasteiger partial charge in [0.2, 0.25) is 0 Å². The van der Waals surface area contributed by atoms with E-state index >= 15 is 0 Å². The molecule has 0 saturated carbocycles. The molecule has 2 aromatic rings. The van der Waals surface area contributed by atoms with Crippen LogP contribution in [-0.4, -0.2) is 38.1 Å². The summed E-state index contributed by atoms with van der Waals surface area (Å²) in [5, 5.41) is 10.9. The molecule has 0 amide bonds. The number of hydrogen-bond acceptors (Lipinski definition) is 4. The number of nitrogens with zero attached hydrogens (tertiary/aromatic N) is 2. The average molecular weight is 575 g/mol. The van der Waals surface area contributed by atoms with Crippen LogP contribution in [0, 0.1) is 0 Å². The van der Waals surface area contributed by atoms with Crippen LogP contribution in [0.4, 0.5) is 11.4 Å². The van der Waals surface area contributed by atoms with E-state index in [0.717, 1.165) is 35.6 Å². The van der Waals surface area contributed by atoms with Crippen molar-refractivity contribution >= 4 is 22.7 Å². The van der Waals surface area contributed by atoms with Gasteiger partial charge in [-0.15, -0.1) is 0 Å². The molecule has 0 spiro atoms. The Hall–Kier alpha value is -2.75. The molecular formula is C38H58N2O2. The lowest BCUT2D eigenvalue weighted by molar-refractivity contribution is -0.116. The number of rotatable bonds is 22. The summed E-state index contributed by atoms with van der Waals surface area (Å²) in [6.45, 7) is 6.60. The number of benzene rings is 2. The largest absolute Gasteiger partial charge is 0.510 e. The monoisotopic (exact) mass is 574 g/mol. The van der Waals surface area contributed by atoms with E-state index in [4.69, 9.17) is 0 Å². The van der Waals surface area contributed by atoms with Crippen LogP contribution < -0.4 is 9.80 Å². The van der Waals surface area contributed by atoms with Gasteiger partial charge >= 0.3 is 0 Å². The Balaban J connectivity index is 1.43. The van der Waals surface area contributed by atoms with Gasteiger partial charge in [0.1, 0.15) is 11.7 Å². The number of ketones is 1. The molecule has 0 saturated heterocycles. The lowest BCUT2D eigenvalue weighted by Gasteiger charge is -2.29. The summed E-state index contributed by atoms with van der Waals surface area (Å²) < 4.78 is 0. The van der Waals surface area contributed by atoms with E-state index in [9.17, 15) is 9.90 Å². The fourth-order valence-electron chi connectivity index (χ4n) is 6.09.